The molecule has 1 aromatic rings. The fourth-order valence-electron chi connectivity index (χ4n) is 1.52. The van der Waals surface area contributed by atoms with Crippen molar-refractivity contribution < 1.29 is 18.0 Å². The molecule has 0 spiro atoms. The van der Waals surface area contributed by atoms with Crippen molar-refractivity contribution in [2.24, 2.45) is 0 Å². The Morgan fingerprint density at radius 2 is 1.95 bits per heavy atom. The summed E-state index contributed by atoms with van der Waals surface area (Å²) in [7, 11) is 0. The standard InChI is InChI=1S/C13H16BrF3N2O/c1-8(2)18-4-3-12(20)19-11-6-9(13(15,16)17)5-10(14)7-11/h5-8,18H,3-4H2,1-2H3,(H,19,20). The molecule has 0 aliphatic carbocycles. The van der Waals surface area contributed by atoms with E-state index in [1.54, 1.807) is 0 Å². The van der Waals surface area contributed by atoms with Gasteiger partial charge in [-0.15, -0.1) is 0 Å². The van der Waals surface area contributed by atoms with E-state index in [2.05, 4.69) is 26.6 Å². The van der Waals surface area contributed by atoms with E-state index in [0.29, 0.717) is 6.54 Å². The number of hydrogen-bond donors (Lipinski definition) is 2. The Balaban J connectivity index is 2.68. The van der Waals surface area contributed by atoms with E-state index in [9.17, 15) is 18.0 Å². The van der Waals surface area contributed by atoms with Crippen LogP contribution in [0.15, 0.2) is 22.7 Å². The molecular weight excluding hydrogens is 337 g/mol. The molecule has 0 saturated carbocycles. The predicted molar refractivity (Wildman–Crippen MR) is 75.5 cm³/mol. The maximum absolute atomic E-state index is 12.6. The number of benzene rings is 1. The molecule has 1 amide bonds. The van der Waals surface area contributed by atoms with Crippen LogP contribution in [0.3, 0.4) is 0 Å². The molecule has 0 heterocycles. The number of nitrogens with one attached hydrogen (secondary N) is 2. The van der Waals surface area contributed by atoms with Gasteiger partial charge in [-0.05, 0) is 18.2 Å². The van der Waals surface area contributed by atoms with Gasteiger partial charge in [0.25, 0.3) is 0 Å². The van der Waals surface area contributed by atoms with Crippen molar-refractivity contribution in [2.75, 3.05) is 11.9 Å². The van der Waals surface area contributed by atoms with Crippen molar-refractivity contribution in [1.82, 2.24) is 5.32 Å². The fraction of sp³-hybridized carbons (Fsp3) is 0.462. The van der Waals surface area contributed by atoms with E-state index in [4.69, 9.17) is 0 Å². The highest BCUT2D eigenvalue weighted by molar-refractivity contribution is 9.10. The molecule has 1 aromatic carbocycles. The van der Waals surface area contributed by atoms with Gasteiger partial charge in [0.2, 0.25) is 5.91 Å². The molecule has 0 bridgehead atoms. The second-order valence-corrected chi connectivity index (χ2v) is 5.55. The zero-order valence-corrected chi connectivity index (χ0v) is 12.7. The summed E-state index contributed by atoms with van der Waals surface area (Å²) in [6.45, 7) is 4.37. The minimum absolute atomic E-state index is 0.126. The molecule has 0 unspecified atom stereocenters. The fourth-order valence-corrected chi connectivity index (χ4v) is 2.02. The van der Waals surface area contributed by atoms with Crippen LogP contribution in [0.4, 0.5) is 18.9 Å². The van der Waals surface area contributed by atoms with Crippen LogP contribution in [0.25, 0.3) is 0 Å². The number of carbonyl (C=O) groups is 1. The third kappa shape index (κ3) is 5.92. The van der Waals surface area contributed by atoms with Gasteiger partial charge >= 0.3 is 6.18 Å². The summed E-state index contributed by atoms with van der Waals surface area (Å²) in [4.78, 5) is 11.6. The van der Waals surface area contributed by atoms with Crippen LogP contribution in [0.1, 0.15) is 25.8 Å². The summed E-state index contributed by atoms with van der Waals surface area (Å²) >= 11 is 3.00. The highest BCUT2D eigenvalue weighted by atomic mass is 79.9. The SMILES string of the molecule is CC(C)NCCC(=O)Nc1cc(Br)cc(C(F)(F)F)c1. The van der Waals surface area contributed by atoms with Gasteiger partial charge in [-0.2, -0.15) is 13.2 Å². The first-order valence-electron chi connectivity index (χ1n) is 6.09. The molecule has 0 radical (unpaired) electrons. The van der Waals surface area contributed by atoms with Crippen LogP contribution < -0.4 is 10.6 Å². The lowest BCUT2D eigenvalue weighted by atomic mass is 10.2. The predicted octanol–water partition coefficient (Wildman–Crippen LogP) is 3.79. The minimum atomic E-state index is -4.44. The lowest BCUT2D eigenvalue weighted by Gasteiger charge is -2.12. The van der Waals surface area contributed by atoms with Crippen molar-refractivity contribution in [3.63, 3.8) is 0 Å². The van der Waals surface area contributed by atoms with Crippen molar-refractivity contribution in [3.8, 4) is 0 Å². The van der Waals surface area contributed by atoms with Crippen LogP contribution in [0.5, 0.6) is 0 Å². The Kier molecular flexibility index (Phi) is 6.01. The number of hydrogen-bond acceptors (Lipinski definition) is 2. The summed E-state index contributed by atoms with van der Waals surface area (Å²) in [6, 6.07) is 3.57. The Morgan fingerprint density at radius 3 is 2.50 bits per heavy atom. The molecule has 0 aliphatic heterocycles. The van der Waals surface area contributed by atoms with Crippen molar-refractivity contribution in [3.05, 3.63) is 28.2 Å². The van der Waals surface area contributed by atoms with Crippen molar-refractivity contribution >= 4 is 27.5 Å². The van der Waals surface area contributed by atoms with Crippen LogP contribution >= 0.6 is 15.9 Å². The Bertz CT molecular complexity index is 475. The van der Waals surface area contributed by atoms with Gasteiger partial charge in [0.15, 0.2) is 0 Å². The van der Waals surface area contributed by atoms with Crippen LogP contribution in [0, 0.1) is 0 Å². The van der Waals surface area contributed by atoms with Gasteiger partial charge in [-0.1, -0.05) is 29.8 Å². The molecule has 2 N–H and O–H groups in total. The second kappa shape index (κ2) is 7.08. The Morgan fingerprint density at radius 1 is 1.30 bits per heavy atom. The first-order valence-corrected chi connectivity index (χ1v) is 6.89. The van der Waals surface area contributed by atoms with Gasteiger partial charge in [-0.25, -0.2) is 0 Å². The summed E-state index contributed by atoms with van der Waals surface area (Å²) in [6.07, 6.45) is -4.24. The lowest BCUT2D eigenvalue weighted by Crippen LogP contribution is -2.27. The van der Waals surface area contributed by atoms with Crippen LogP contribution in [-0.2, 0) is 11.0 Å². The largest absolute Gasteiger partial charge is 0.416 e. The Labute approximate surface area is 124 Å². The summed E-state index contributed by atoms with van der Waals surface area (Å²) in [5.41, 5.74) is -0.677. The third-order valence-corrected chi connectivity index (χ3v) is 2.87. The van der Waals surface area contributed by atoms with Gasteiger partial charge in [0.1, 0.15) is 0 Å². The number of alkyl halides is 3. The van der Waals surface area contributed by atoms with E-state index in [0.717, 1.165) is 12.1 Å². The zero-order chi connectivity index (χ0) is 15.3. The molecule has 0 aliphatic rings. The smallest absolute Gasteiger partial charge is 0.326 e. The second-order valence-electron chi connectivity index (χ2n) is 4.63. The zero-order valence-electron chi connectivity index (χ0n) is 11.1. The van der Waals surface area contributed by atoms with E-state index in [1.807, 2.05) is 13.8 Å². The van der Waals surface area contributed by atoms with Gasteiger partial charge in [0, 0.05) is 29.2 Å². The number of anilines is 1. The summed E-state index contributed by atoms with van der Waals surface area (Å²) in [5, 5.41) is 5.52. The highest BCUT2D eigenvalue weighted by Gasteiger charge is 2.31. The molecule has 1 rings (SSSR count). The molecule has 112 valence electrons. The first kappa shape index (κ1) is 17.0. The molecule has 0 fully saturated rings. The normalized spacial score (nSPS) is 11.8. The van der Waals surface area contributed by atoms with Crippen LogP contribution in [-0.4, -0.2) is 18.5 Å². The third-order valence-electron chi connectivity index (χ3n) is 2.41. The summed E-state index contributed by atoms with van der Waals surface area (Å²) in [5.74, 6) is -0.329. The van der Waals surface area contributed by atoms with Crippen LogP contribution in [0.2, 0.25) is 0 Å². The number of carbonyl (C=O) groups excluding carboxylic acids is 1. The first-order chi connectivity index (χ1) is 9.18. The van der Waals surface area contributed by atoms with Crippen molar-refractivity contribution in [1.29, 1.82) is 0 Å². The van der Waals surface area contributed by atoms with E-state index in [1.165, 1.54) is 6.07 Å². The highest BCUT2D eigenvalue weighted by Crippen LogP contribution is 2.33. The molecule has 0 aromatic heterocycles. The average molecular weight is 353 g/mol. The molecule has 3 nitrogen and oxygen atoms in total. The van der Waals surface area contributed by atoms with Crippen molar-refractivity contribution in [2.45, 2.75) is 32.5 Å². The minimum Gasteiger partial charge on any atom is -0.326 e. The quantitative estimate of drug-likeness (QED) is 0.846. The monoisotopic (exact) mass is 352 g/mol. The number of rotatable bonds is 5. The van der Waals surface area contributed by atoms with E-state index < -0.39 is 11.7 Å². The van der Waals surface area contributed by atoms with E-state index >= 15 is 0 Å². The number of halogens is 4. The van der Waals surface area contributed by atoms with Gasteiger partial charge in [0.05, 0.1) is 5.56 Å². The Hall–Kier alpha value is -1.08. The number of amides is 1. The van der Waals surface area contributed by atoms with Gasteiger partial charge in [-0.3, -0.25) is 4.79 Å². The molecule has 0 saturated heterocycles. The average Bonchev–Trinajstić information content (AvgIpc) is 2.26. The summed E-state index contributed by atoms with van der Waals surface area (Å²) < 4.78 is 38.2. The molecule has 0 atom stereocenters. The van der Waals surface area contributed by atoms with Gasteiger partial charge < -0.3 is 10.6 Å². The maximum Gasteiger partial charge on any atom is 0.416 e. The van der Waals surface area contributed by atoms with E-state index in [-0.39, 0.29) is 28.5 Å². The molecule has 7 heteroatoms. The maximum atomic E-state index is 12.6. The molecular formula is C13H16BrF3N2O. The lowest BCUT2D eigenvalue weighted by molar-refractivity contribution is -0.137. The topological polar surface area (TPSA) is 41.1 Å². The molecule has 20 heavy (non-hydrogen) atoms.